The number of pyridine rings is 1. The van der Waals surface area contributed by atoms with Gasteiger partial charge < -0.3 is 5.11 Å². The van der Waals surface area contributed by atoms with Crippen LogP contribution < -0.4 is 5.43 Å². The van der Waals surface area contributed by atoms with Crippen molar-refractivity contribution in [2.75, 3.05) is 0 Å². The van der Waals surface area contributed by atoms with Crippen molar-refractivity contribution in [2.24, 2.45) is 0 Å². The van der Waals surface area contributed by atoms with Gasteiger partial charge in [0.1, 0.15) is 10.5 Å². The minimum Gasteiger partial charge on any atom is -0.437 e. The number of hydrogen-bond acceptors (Lipinski definition) is 2. The number of carboxylic acid groups (broad SMARTS) is 1. The molecule has 0 fully saturated rings. The molecule has 0 spiro atoms. The lowest BCUT2D eigenvalue weighted by molar-refractivity contribution is 0.221. The molecule has 2 heterocycles. The summed E-state index contributed by atoms with van der Waals surface area (Å²) in [6, 6.07) is 2.87. The Hall–Kier alpha value is -2.28. The third-order valence-electron chi connectivity index (χ3n) is 2.82. The van der Waals surface area contributed by atoms with Gasteiger partial charge in [0.2, 0.25) is 0 Å². The van der Waals surface area contributed by atoms with Gasteiger partial charge >= 0.3 is 5.30 Å². The zero-order chi connectivity index (χ0) is 13.7. The number of benzene rings is 1. The van der Waals surface area contributed by atoms with Crippen molar-refractivity contribution in [1.82, 2.24) is 4.40 Å². The van der Waals surface area contributed by atoms with Crippen molar-refractivity contribution < 1.29 is 18.7 Å². The minimum absolute atomic E-state index is 0.0168. The Labute approximate surface area is 107 Å². The van der Waals surface area contributed by atoms with Crippen molar-refractivity contribution in [3.8, 4) is 0 Å². The first-order valence-electron chi connectivity index (χ1n) is 5.17. The van der Waals surface area contributed by atoms with E-state index in [1.165, 1.54) is 16.0 Å². The van der Waals surface area contributed by atoms with Crippen LogP contribution in [0.25, 0.3) is 15.7 Å². The molecule has 1 unspecified atom stereocenters. The molecule has 0 radical (unpaired) electrons. The van der Waals surface area contributed by atoms with Gasteiger partial charge in [-0.25, -0.2) is 8.78 Å². The smallest absolute Gasteiger partial charge is 0.437 e. The van der Waals surface area contributed by atoms with Crippen molar-refractivity contribution in [3.63, 3.8) is 0 Å². The summed E-state index contributed by atoms with van der Waals surface area (Å²) in [5, 5.41) is 9.38. The molecule has 19 heavy (non-hydrogen) atoms. The van der Waals surface area contributed by atoms with Gasteiger partial charge in [0.25, 0.3) is 4.83 Å². The number of carbonyl (C=O) groups is 1. The topological polar surface area (TPSA) is 58.8 Å². The summed E-state index contributed by atoms with van der Waals surface area (Å²) in [6.07, 6.45) is 1.45. The molecule has 1 N–H and O–H groups in total. The quantitative estimate of drug-likeness (QED) is 0.698. The van der Waals surface area contributed by atoms with Gasteiger partial charge in [-0.05, 0) is 6.07 Å². The second kappa shape index (κ2) is 3.86. The monoisotopic (exact) mass is 282 g/mol. The standard InChI is InChI=1S/C12H5F2NO3S/c13-7-3-6-9(4-8(7)14)15-1-2-19(12(17)18)11(15)5-10(6)16/h1-5H/p+1. The van der Waals surface area contributed by atoms with Crippen molar-refractivity contribution in [3.05, 3.63) is 51.6 Å². The average Bonchev–Trinajstić information content (AvgIpc) is 2.75. The summed E-state index contributed by atoms with van der Waals surface area (Å²) >= 11 is 0. The molecule has 0 aliphatic carbocycles. The molecular weight excluding hydrogens is 276 g/mol. The Bertz CT molecular complexity index is 897. The van der Waals surface area contributed by atoms with Crippen LogP contribution in [0.3, 0.4) is 0 Å². The van der Waals surface area contributed by atoms with Gasteiger partial charge in [0.15, 0.2) is 22.4 Å². The van der Waals surface area contributed by atoms with Crippen molar-refractivity contribution in [2.45, 2.75) is 0 Å². The number of nitrogens with zero attached hydrogens (tertiary/aromatic N) is 1. The molecule has 0 aliphatic heterocycles. The molecule has 3 rings (SSSR count). The van der Waals surface area contributed by atoms with E-state index >= 15 is 0 Å². The van der Waals surface area contributed by atoms with Gasteiger partial charge in [0.05, 0.1) is 17.8 Å². The number of thiazole rings is 1. The van der Waals surface area contributed by atoms with Crippen LogP contribution >= 0.6 is 10.5 Å². The fraction of sp³-hybridized carbons (Fsp3) is 0. The van der Waals surface area contributed by atoms with Crippen molar-refractivity contribution in [1.29, 1.82) is 0 Å². The third-order valence-corrected chi connectivity index (χ3v) is 4.35. The summed E-state index contributed by atoms with van der Waals surface area (Å²) in [5.74, 6) is -2.19. The summed E-state index contributed by atoms with van der Waals surface area (Å²) in [6.45, 7) is 0. The van der Waals surface area contributed by atoms with Crippen LogP contribution in [0.15, 0.2) is 34.6 Å². The first-order valence-corrected chi connectivity index (χ1v) is 6.46. The van der Waals surface area contributed by atoms with Crippen LogP contribution in [0.1, 0.15) is 0 Å². The Balaban J connectivity index is 2.57. The summed E-state index contributed by atoms with van der Waals surface area (Å²) < 4.78 is 27.8. The van der Waals surface area contributed by atoms with Crippen LogP contribution in [0.5, 0.6) is 0 Å². The van der Waals surface area contributed by atoms with E-state index in [0.29, 0.717) is 0 Å². The fourth-order valence-corrected chi connectivity index (χ4v) is 3.26. The number of fused-ring (bicyclic) bond motifs is 3. The highest BCUT2D eigenvalue weighted by Gasteiger charge is 2.23. The van der Waals surface area contributed by atoms with Crippen LogP contribution in [-0.2, 0) is 0 Å². The summed E-state index contributed by atoms with van der Waals surface area (Å²) in [7, 11) is -1.25. The van der Waals surface area contributed by atoms with E-state index < -0.39 is 32.8 Å². The van der Waals surface area contributed by atoms with E-state index in [0.717, 1.165) is 18.2 Å². The van der Waals surface area contributed by atoms with E-state index in [2.05, 4.69) is 0 Å². The average molecular weight is 282 g/mol. The maximum absolute atomic E-state index is 13.3. The lowest BCUT2D eigenvalue weighted by Gasteiger charge is -2.00. The number of rotatable bonds is 1. The van der Waals surface area contributed by atoms with Gasteiger partial charge in [-0.1, -0.05) is 0 Å². The lowest BCUT2D eigenvalue weighted by Crippen LogP contribution is -2.05. The largest absolute Gasteiger partial charge is 0.553 e. The fourth-order valence-electron chi connectivity index (χ4n) is 1.97. The van der Waals surface area contributed by atoms with Crippen LogP contribution in [0, 0.1) is 11.6 Å². The predicted molar refractivity (Wildman–Crippen MR) is 67.0 cm³/mol. The molecule has 0 saturated carbocycles. The number of aromatic nitrogens is 1. The highest BCUT2D eigenvalue weighted by molar-refractivity contribution is 7.53. The molecule has 0 bridgehead atoms. The normalized spacial score (nSPS) is 12.2. The molecule has 2 aromatic heterocycles. The molecular formula is C12H6F2NO3S+. The van der Waals surface area contributed by atoms with Crippen LogP contribution in [0.4, 0.5) is 13.6 Å². The Morgan fingerprint density at radius 2 is 1.89 bits per heavy atom. The second-order valence-electron chi connectivity index (χ2n) is 3.89. The van der Waals surface area contributed by atoms with Gasteiger partial charge in [-0.3, -0.25) is 9.20 Å². The van der Waals surface area contributed by atoms with Gasteiger partial charge in [0, 0.05) is 11.5 Å². The number of hydrogen-bond donors (Lipinski definition) is 1. The maximum Gasteiger partial charge on any atom is 0.553 e. The van der Waals surface area contributed by atoms with Crippen molar-refractivity contribution >= 4 is 31.5 Å². The summed E-state index contributed by atoms with van der Waals surface area (Å²) in [5.41, 5.74) is -0.364. The van der Waals surface area contributed by atoms with E-state index in [-0.39, 0.29) is 15.7 Å². The molecule has 1 aromatic carbocycles. The third kappa shape index (κ3) is 1.62. The van der Waals surface area contributed by atoms with E-state index in [9.17, 15) is 18.4 Å². The number of halogens is 2. The van der Waals surface area contributed by atoms with E-state index in [1.807, 2.05) is 0 Å². The zero-order valence-electron chi connectivity index (χ0n) is 9.26. The first kappa shape index (κ1) is 11.8. The minimum atomic E-state index is -1.25. The van der Waals surface area contributed by atoms with Gasteiger partial charge in [-0.2, -0.15) is 4.79 Å². The maximum atomic E-state index is 13.3. The SMILES string of the molecule is O=C(O)[s+]1ccn2c3cc(F)c(F)cc3c(=O)cc21. The molecule has 0 aliphatic rings. The van der Waals surface area contributed by atoms with E-state index in [4.69, 9.17) is 5.11 Å². The highest BCUT2D eigenvalue weighted by Crippen LogP contribution is 2.28. The summed E-state index contributed by atoms with van der Waals surface area (Å²) in [4.78, 5) is 23.2. The first-order chi connectivity index (χ1) is 8.99. The Morgan fingerprint density at radius 3 is 2.58 bits per heavy atom. The van der Waals surface area contributed by atoms with E-state index in [1.54, 1.807) is 0 Å². The zero-order valence-corrected chi connectivity index (χ0v) is 10.1. The molecule has 96 valence electrons. The highest BCUT2D eigenvalue weighted by atomic mass is 32.2. The molecule has 7 heteroatoms. The predicted octanol–water partition coefficient (Wildman–Crippen LogP) is 3.01. The molecule has 0 saturated heterocycles. The molecule has 4 nitrogen and oxygen atoms in total. The second-order valence-corrected chi connectivity index (χ2v) is 5.60. The Morgan fingerprint density at radius 1 is 1.21 bits per heavy atom. The molecule has 3 aromatic rings. The lowest BCUT2D eigenvalue weighted by atomic mass is 10.2. The van der Waals surface area contributed by atoms with Gasteiger partial charge in [-0.15, -0.1) is 0 Å². The van der Waals surface area contributed by atoms with Crippen LogP contribution in [0.2, 0.25) is 0 Å². The van der Waals surface area contributed by atoms with Crippen LogP contribution in [-0.4, -0.2) is 14.8 Å². The Kier molecular flexibility index (Phi) is 2.39. The molecule has 0 amide bonds. The molecule has 1 atom stereocenters.